The maximum absolute atomic E-state index is 5.19. The van der Waals surface area contributed by atoms with E-state index < -0.39 is 0 Å². The van der Waals surface area contributed by atoms with Crippen molar-refractivity contribution < 1.29 is 4.74 Å². The standard InChI is InChI=1S/C10H21NO/c1-11-7-9-4-3-5-10(6-9)8-12-2/h9-11H,3-8H2,1-2H3. The lowest BCUT2D eigenvalue weighted by Gasteiger charge is -2.28. The maximum atomic E-state index is 5.19. The molecule has 2 heteroatoms. The monoisotopic (exact) mass is 171 g/mol. The van der Waals surface area contributed by atoms with Gasteiger partial charge in [-0.1, -0.05) is 6.42 Å². The van der Waals surface area contributed by atoms with E-state index in [1.54, 1.807) is 0 Å². The SMILES string of the molecule is CNCC1CCCC(COC)C1. The summed E-state index contributed by atoms with van der Waals surface area (Å²) in [6, 6.07) is 0. The van der Waals surface area contributed by atoms with Crippen LogP contribution in [0.1, 0.15) is 25.7 Å². The Hall–Kier alpha value is -0.0800. The Morgan fingerprint density at radius 1 is 1.33 bits per heavy atom. The van der Waals surface area contributed by atoms with Gasteiger partial charge < -0.3 is 10.1 Å². The molecule has 0 aromatic heterocycles. The van der Waals surface area contributed by atoms with Crippen molar-refractivity contribution in [2.24, 2.45) is 11.8 Å². The first-order chi connectivity index (χ1) is 5.86. The summed E-state index contributed by atoms with van der Waals surface area (Å²) in [4.78, 5) is 0. The summed E-state index contributed by atoms with van der Waals surface area (Å²) in [6.45, 7) is 2.14. The van der Waals surface area contributed by atoms with Crippen LogP contribution in [-0.2, 0) is 4.74 Å². The lowest BCUT2D eigenvalue weighted by Crippen LogP contribution is -2.26. The topological polar surface area (TPSA) is 21.3 Å². The van der Waals surface area contributed by atoms with Crippen molar-refractivity contribution >= 4 is 0 Å². The van der Waals surface area contributed by atoms with Gasteiger partial charge in [0.25, 0.3) is 0 Å². The minimum absolute atomic E-state index is 0.821. The number of hydrogen-bond donors (Lipinski definition) is 1. The summed E-state index contributed by atoms with van der Waals surface area (Å²) in [5.74, 6) is 1.71. The second-order valence-corrected chi connectivity index (χ2v) is 3.91. The first kappa shape index (κ1) is 10.0. The highest BCUT2D eigenvalue weighted by atomic mass is 16.5. The van der Waals surface area contributed by atoms with Gasteiger partial charge in [-0.25, -0.2) is 0 Å². The van der Waals surface area contributed by atoms with Crippen LogP contribution >= 0.6 is 0 Å². The van der Waals surface area contributed by atoms with Crippen molar-refractivity contribution in [1.29, 1.82) is 0 Å². The molecule has 0 heterocycles. The molecule has 0 saturated heterocycles. The fourth-order valence-electron chi connectivity index (χ4n) is 2.26. The van der Waals surface area contributed by atoms with Crippen LogP contribution in [0.4, 0.5) is 0 Å². The smallest absolute Gasteiger partial charge is 0.0490 e. The predicted octanol–water partition coefficient (Wildman–Crippen LogP) is 1.66. The molecule has 72 valence electrons. The molecule has 1 rings (SSSR count). The molecule has 12 heavy (non-hydrogen) atoms. The summed E-state index contributed by atoms with van der Waals surface area (Å²) >= 11 is 0. The Bertz CT molecular complexity index is 100. The van der Waals surface area contributed by atoms with Gasteiger partial charge in [-0.15, -0.1) is 0 Å². The van der Waals surface area contributed by atoms with Gasteiger partial charge in [0.1, 0.15) is 0 Å². The van der Waals surface area contributed by atoms with Crippen LogP contribution in [0.15, 0.2) is 0 Å². The lowest BCUT2D eigenvalue weighted by molar-refractivity contribution is 0.114. The third-order valence-corrected chi connectivity index (χ3v) is 2.79. The Labute approximate surface area is 75.7 Å². The molecule has 2 nitrogen and oxygen atoms in total. The number of rotatable bonds is 4. The molecule has 0 bridgehead atoms. The lowest BCUT2D eigenvalue weighted by atomic mass is 9.82. The molecule has 0 aromatic rings. The molecule has 1 aliphatic carbocycles. The van der Waals surface area contributed by atoms with Crippen LogP contribution in [0.3, 0.4) is 0 Å². The Balaban J connectivity index is 2.20. The van der Waals surface area contributed by atoms with Crippen LogP contribution in [0.5, 0.6) is 0 Å². The van der Waals surface area contributed by atoms with Crippen LogP contribution in [-0.4, -0.2) is 27.3 Å². The van der Waals surface area contributed by atoms with Crippen molar-refractivity contribution in [2.75, 3.05) is 27.3 Å². The van der Waals surface area contributed by atoms with E-state index >= 15 is 0 Å². The first-order valence-electron chi connectivity index (χ1n) is 5.00. The van der Waals surface area contributed by atoms with Gasteiger partial charge in [0.2, 0.25) is 0 Å². The Morgan fingerprint density at radius 3 is 2.75 bits per heavy atom. The van der Waals surface area contributed by atoms with Gasteiger partial charge in [-0.2, -0.15) is 0 Å². The van der Waals surface area contributed by atoms with E-state index in [1.165, 1.54) is 32.2 Å². The van der Waals surface area contributed by atoms with E-state index in [9.17, 15) is 0 Å². The Morgan fingerprint density at radius 2 is 2.08 bits per heavy atom. The van der Waals surface area contributed by atoms with Gasteiger partial charge in [-0.3, -0.25) is 0 Å². The van der Waals surface area contributed by atoms with Gasteiger partial charge in [0.05, 0.1) is 0 Å². The van der Waals surface area contributed by atoms with Crippen molar-refractivity contribution in [3.8, 4) is 0 Å². The molecule has 2 unspecified atom stereocenters. The van der Waals surface area contributed by atoms with Gasteiger partial charge in [0.15, 0.2) is 0 Å². The van der Waals surface area contributed by atoms with Crippen LogP contribution in [0.25, 0.3) is 0 Å². The second-order valence-electron chi connectivity index (χ2n) is 3.91. The molecule has 0 radical (unpaired) electrons. The molecule has 0 amide bonds. The third-order valence-electron chi connectivity index (χ3n) is 2.79. The quantitative estimate of drug-likeness (QED) is 0.694. The molecule has 0 aliphatic heterocycles. The molecule has 1 saturated carbocycles. The van der Waals surface area contributed by atoms with E-state index in [0.29, 0.717) is 0 Å². The molecule has 2 atom stereocenters. The van der Waals surface area contributed by atoms with Gasteiger partial charge in [0, 0.05) is 13.7 Å². The van der Waals surface area contributed by atoms with E-state index in [1.807, 2.05) is 14.2 Å². The molecule has 1 N–H and O–H groups in total. The summed E-state index contributed by atoms with van der Waals surface area (Å²) < 4.78 is 5.19. The maximum Gasteiger partial charge on any atom is 0.0490 e. The highest BCUT2D eigenvalue weighted by Crippen LogP contribution is 2.28. The fourth-order valence-corrected chi connectivity index (χ4v) is 2.26. The molecule has 1 aliphatic rings. The van der Waals surface area contributed by atoms with E-state index in [-0.39, 0.29) is 0 Å². The minimum atomic E-state index is 0.821. The summed E-state index contributed by atoms with van der Waals surface area (Å²) in [7, 11) is 3.85. The molecular weight excluding hydrogens is 150 g/mol. The first-order valence-corrected chi connectivity index (χ1v) is 5.00. The number of methoxy groups -OCH3 is 1. The Kier molecular flexibility index (Phi) is 4.62. The normalized spacial score (nSPS) is 30.5. The largest absolute Gasteiger partial charge is 0.384 e. The van der Waals surface area contributed by atoms with E-state index in [0.717, 1.165) is 18.4 Å². The van der Waals surface area contributed by atoms with Crippen molar-refractivity contribution in [3.05, 3.63) is 0 Å². The minimum Gasteiger partial charge on any atom is -0.384 e. The van der Waals surface area contributed by atoms with E-state index in [2.05, 4.69) is 5.32 Å². The molecule has 1 fully saturated rings. The highest BCUT2D eigenvalue weighted by molar-refractivity contribution is 4.73. The van der Waals surface area contributed by atoms with Crippen molar-refractivity contribution in [3.63, 3.8) is 0 Å². The molecular formula is C10H21NO. The highest BCUT2D eigenvalue weighted by Gasteiger charge is 2.20. The average Bonchev–Trinajstić information content (AvgIpc) is 2.06. The summed E-state index contributed by atoms with van der Waals surface area (Å²) in [5, 5.41) is 3.26. The van der Waals surface area contributed by atoms with Crippen molar-refractivity contribution in [2.45, 2.75) is 25.7 Å². The van der Waals surface area contributed by atoms with Crippen molar-refractivity contribution in [1.82, 2.24) is 5.32 Å². The second kappa shape index (κ2) is 5.55. The van der Waals surface area contributed by atoms with Crippen LogP contribution < -0.4 is 5.32 Å². The van der Waals surface area contributed by atoms with Gasteiger partial charge in [-0.05, 0) is 44.7 Å². The van der Waals surface area contributed by atoms with Crippen LogP contribution in [0.2, 0.25) is 0 Å². The summed E-state index contributed by atoms with van der Waals surface area (Å²) in [5.41, 5.74) is 0. The number of nitrogens with one attached hydrogen (secondary N) is 1. The summed E-state index contributed by atoms with van der Waals surface area (Å²) in [6.07, 6.45) is 5.52. The average molecular weight is 171 g/mol. The zero-order valence-corrected chi connectivity index (χ0v) is 8.31. The number of hydrogen-bond acceptors (Lipinski definition) is 2. The van der Waals surface area contributed by atoms with Gasteiger partial charge >= 0.3 is 0 Å². The zero-order valence-electron chi connectivity index (χ0n) is 8.31. The number of ether oxygens (including phenoxy) is 1. The van der Waals surface area contributed by atoms with Crippen LogP contribution in [0, 0.1) is 11.8 Å². The predicted molar refractivity (Wildman–Crippen MR) is 51.3 cm³/mol. The zero-order chi connectivity index (χ0) is 8.81. The molecule has 0 aromatic carbocycles. The fraction of sp³-hybridized carbons (Fsp3) is 1.00. The molecule has 0 spiro atoms. The van der Waals surface area contributed by atoms with E-state index in [4.69, 9.17) is 4.74 Å². The third kappa shape index (κ3) is 3.11.